The fraction of sp³-hybridized carbons (Fsp3) is 0.400. The van der Waals surface area contributed by atoms with Crippen LogP contribution >= 0.6 is 0 Å². The molecule has 66 valence electrons. The molecular formula is C10H15NO. The third-order valence-electron chi connectivity index (χ3n) is 2.05. The minimum Gasteiger partial charge on any atom is -0.398 e. The highest BCUT2D eigenvalue weighted by Gasteiger charge is 2.06. The van der Waals surface area contributed by atoms with Gasteiger partial charge in [-0.2, -0.15) is 0 Å². The molecule has 0 spiro atoms. The highest BCUT2D eigenvalue weighted by atomic mass is 16.3. The maximum absolute atomic E-state index is 8.93. The summed E-state index contributed by atoms with van der Waals surface area (Å²) in [6, 6.07) is 5.92. The molecule has 0 aliphatic carbocycles. The molecule has 0 heterocycles. The predicted molar refractivity (Wildman–Crippen MR) is 51.1 cm³/mol. The number of aliphatic hydroxyl groups is 1. The molecule has 0 saturated heterocycles. The number of hydrogen-bond acceptors (Lipinski definition) is 2. The van der Waals surface area contributed by atoms with Gasteiger partial charge in [-0.3, -0.25) is 0 Å². The van der Waals surface area contributed by atoms with Crippen LogP contribution in [0.1, 0.15) is 24.0 Å². The summed E-state index contributed by atoms with van der Waals surface area (Å²) in [5.41, 5.74) is 8.75. The topological polar surface area (TPSA) is 46.2 Å². The number of hydrogen-bond donors (Lipinski definition) is 2. The van der Waals surface area contributed by atoms with Gasteiger partial charge in [0.2, 0.25) is 0 Å². The fourth-order valence-electron chi connectivity index (χ4n) is 1.24. The van der Waals surface area contributed by atoms with E-state index in [0.29, 0.717) is 0 Å². The number of benzene rings is 1. The van der Waals surface area contributed by atoms with Crippen molar-refractivity contribution in [1.29, 1.82) is 0 Å². The molecule has 1 unspecified atom stereocenters. The third kappa shape index (κ3) is 1.77. The smallest absolute Gasteiger partial charge is 0.0497 e. The van der Waals surface area contributed by atoms with E-state index in [1.54, 1.807) is 0 Å². The van der Waals surface area contributed by atoms with Crippen molar-refractivity contribution in [2.24, 2.45) is 0 Å². The molecule has 0 fully saturated rings. The van der Waals surface area contributed by atoms with Crippen LogP contribution < -0.4 is 5.73 Å². The minimum absolute atomic E-state index is 0.130. The van der Waals surface area contributed by atoms with Gasteiger partial charge in [0.05, 0.1) is 0 Å². The first-order valence-electron chi connectivity index (χ1n) is 4.12. The Kier molecular flexibility index (Phi) is 2.71. The molecule has 2 heteroatoms. The lowest BCUT2D eigenvalue weighted by molar-refractivity contribution is 0.273. The first-order valence-corrected chi connectivity index (χ1v) is 4.12. The standard InChI is InChI=1S/C10H15NO/c1-7-3-4-9(8(2)6-12)10(11)5-7/h3-5,8,12H,6,11H2,1-2H3. The molecule has 1 atom stereocenters. The molecule has 0 aliphatic heterocycles. The summed E-state index contributed by atoms with van der Waals surface area (Å²) in [6.45, 7) is 4.11. The van der Waals surface area contributed by atoms with E-state index in [4.69, 9.17) is 10.8 Å². The Morgan fingerprint density at radius 2 is 2.17 bits per heavy atom. The Bertz CT molecular complexity index is 271. The van der Waals surface area contributed by atoms with Gasteiger partial charge in [0.1, 0.15) is 0 Å². The monoisotopic (exact) mass is 165 g/mol. The van der Waals surface area contributed by atoms with Crippen molar-refractivity contribution in [3.8, 4) is 0 Å². The van der Waals surface area contributed by atoms with Gasteiger partial charge in [0.25, 0.3) is 0 Å². The van der Waals surface area contributed by atoms with Crippen molar-refractivity contribution in [3.63, 3.8) is 0 Å². The Balaban J connectivity index is 3.01. The molecule has 3 N–H and O–H groups in total. The van der Waals surface area contributed by atoms with E-state index in [1.165, 1.54) is 0 Å². The van der Waals surface area contributed by atoms with Gasteiger partial charge < -0.3 is 10.8 Å². The second kappa shape index (κ2) is 3.59. The molecule has 1 aromatic rings. The molecule has 0 saturated carbocycles. The number of aliphatic hydroxyl groups excluding tert-OH is 1. The van der Waals surface area contributed by atoms with Gasteiger partial charge >= 0.3 is 0 Å². The Hall–Kier alpha value is -1.02. The van der Waals surface area contributed by atoms with Crippen molar-refractivity contribution >= 4 is 5.69 Å². The molecule has 0 bridgehead atoms. The molecule has 1 rings (SSSR count). The summed E-state index contributed by atoms with van der Waals surface area (Å²) in [5.74, 6) is 0.130. The zero-order chi connectivity index (χ0) is 9.14. The van der Waals surface area contributed by atoms with E-state index < -0.39 is 0 Å². The van der Waals surface area contributed by atoms with Gasteiger partial charge in [0.15, 0.2) is 0 Å². The van der Waals surface area contributed by atoms with E-state index in [-0.39, 0.29) is 12.5 Å². The van der Waals surface area contributed by atoms with E-state index >= 15 is 0 Å². The molecule has 2 nitrogen and oxygen atoms in total. The van der Waals surface area contributed by atoms with E-state index in [0.717, 1.165) is 16.8 Å². The zero-order valence-corrected chi connectivity index (χ0v) is 7.54. The summed E-state index contributed by atoms with van der Waals surface area (Å²) in [7, 11) is 0. The van der Waals surface area contributed by atoms with E-state index in [1.807, 2.05) is 32.0 Å². The molecule has 0 aromatic heterocycles. The van der Waals surface area contributed by atoms with E-state index in [2.05, 4.69) is 0 Å². The second-order valence-corrected chi connectivity index (χ2v) is 3.22. The van der Waals surface area contributed by atoms with Crippen molar-refractivity contribution in [2.45, 2.75) is 19.8 Å². The van der Waals surface area contributed by atoms with Gasteiger partial charge in [-0.1, -0.05) is 19.1 Å². The minimum atomic E-state index is 0.130. The average molecular weight is 165 g/mol. The largest absolute Gasteiger partial charge is 0.398 e. The third-order valence-corrected chi connectivity index (χ3v) is 2.05. The summed E-state index contributed by atoms with van der Waals surface area (Å²) >= 11 is 0. The van der Waals surface area contributed by atoms with Gasteiger partial charge in [-0.05, 0) is 24.1 Å². The first-order chi connectivity index (χ1) is 5.65. The highest BCUT2D eigenvalue weighted by molar-refractivity contribution is 5.50. The van der Waals surface area contributed by atoms with Crippen molar-refractivity contribution < 1.29 is 5.11 Å². The Labute approximate surface area is 73.0 Å². The fourth-order valence-corrected chi connectivity index (χ4v) is 1.24. The van der Waals surface area contributed by atoms with Gasteiger partial charge in [-0.25, -0.2) is 0 Å². The average Bonchev–Trinajstić information content (AvgIpc) is 2.03. The maximum atomic E-state index is 8.93. The lowest BCUT2D eigenvalue weighted by Crippen LogP contribution is -2.03. The zero-order valence-electron chi connectivity index (χ0n) is 7.54. The molecule has 0 amide bonds. The number of aryl methyl sites for hydroxylation is 1. The summed E-state index contributed by atoms with van der Waals surface area (Å²) in [4.78, 5) is 0. The SMILES string of the molecule is Cc1ccc(C(C)CO)c(N)c1. The van der Waals surface area contributed by atoms with Crippen LogP contribution in [0.15, 0.2) is 18.2 Å². The van der Waals surface area contributed by atoms with Crippen LogP contribution in [-0.4, -0.2) is 11.7 Å². The molecular weight excluding hydrogens is 150 g/mol. The summed E-state index contributed by atoms with van der Waals surface area (Å²) in [5, 5.41) is 8.93. The number of anilines is 1. The van der Waals surface area contributed by atoms with Gasteiger partial charge in [-0.15, -0.1) is 0 Å². The molecule has 0 aliphatic rings. The number of nitrogens with two attached hydrogens (primary N) is 1. The van der Waals surface area contributed by atoms with Crippen LogP contribution in [0.25, 0.3) is 0 Å². The quantitative estimate of drug-likeness (QED) is 0.655. The second-order valence-electron chi connectivity index (χ2n) is 3.22. The Morgan fingerprint density at radius 1 is 1.50 bits per heavy atom. The number of rotatable bonds is 2. The highest BCUT2D eigenvalue weighted by Crippen LogP contribution is 2.22. The molecule has 12 heavy (non-hydrogen) atoms. The van der Waals surface area contributed by atoms with Crippen LogP contribution in [0.2, 0.25) is 0 Å². The Morgan fingerprint density at radius 3 is 2.67 bits per heavy atom. The van der Waals surface area contributed by atoms with Crippen LogP contribution in [0.5, 0.6) is 0 Å². The summed E-state index contributed by atoms with van der Waals surface area (Å²) < 4.78 is 0. The van der Waals surface area contributed by atoms with Crippen LogP contribution in [0.4, 0.5) is 5.69 Å². The van der Waals surface area contributed by atoms with Crippen LogP contribution in [-0.2, 0) is 0 Å². The van der Waals surface area contributed by atoms with Crippen molar-refractivity contribution in [3.05, 3.63) is 29.3 Å². The van der Waals surface area contributed by atoms with Crippen molar-refractivity contribution in [1.82, 2.24) is 0 Å². The normalized spacial score (nSPS) is 12.9. The lowest BCUT2D eigenvalue weighted by atomic mass is 9.99. The number of nitrogen functional groups attached to an aromatic ring is 1. The van der Waals surface area contributed by atoms with E-state index in [9.17, 15) is 0 Å². The van der Waals surface area contributed by atoms with Crippen LogP contribution in [0.3, 0.4) is 0 Å². The molecule has 1 aromatic carbocycles. The first kappa shape index (κ1) is 9.07. The van der Waals surface area contributed by atoms with Crippen molar-refractivity contribution in [2.75, 3.05) is 12.3 Å². The maximum Gasteiger partial charge on any atom is 0.0497 e. The van der Waals surface area contributed by atoms with Crippen LogP contribution in [0, 0.1) is 6.92 Å². The predicted octanol–water partition coefficient (Wildman–Crippen LogP) is 1.67. The lowest BCUT2D eigenvalue weighted by Gasteiger charge is -2.11. The molecule has 0 radical (unpaired) electrons. The van der Waals surface area contributed by atoms with Gasteiger partial charge in [0, 0.05) is 18.2 Å². The summed E-state index contributed by atoms with van der Waals surface area (Å²) in [6.07, 6.45) is 0.